The smallest absolute Gasteiger partial charge is 0.141 e. The number of nitrogens with two attached hydrogens (primary N) is 1. The lowest BCUT2D eigenvalue weighted by molar-refractivity contribution is 0.440. The number of hydrogen-bond acceptors (Lipinski definition) is 5. The molecule has 1 atom stereocenters. The summed E-state index contributed by atoms with van der Waals surface area (Å²) in [6.45, 7) is 0. The van der Waals surface area contributed by atoms with Gasteiger partial charge in [-0.3, -0.25) is 0 Å². The Morgan fingerprint density at radius 2 is 1.89 bits per heavy atom. The molecule has 0 amide bonds. The molecule has 0 radical (unpaired) electrons. The predicted octanol–water partition coefficient (Wildman–Crippen LogP) is 2.19. The lowest BCUT2D eigenvalue weighted by atomic mass is 10.2. The van der Waals surface area contributed by atoms with Crippen molar-refractivity contribution in [2.45, 2.75) is 0 Å². The Kier molecular flexibility index (Phi) is 3.81. The molecule has 0 spiro atoms. The molecule has 94 valence electrons. The topological polar surface area (TPSA) is 87.4 Å². The number of benzene rings is 2. The highest BCUT2D eigenvalue weighted by molar-refractivity contribution is 7.74. The van der Waals surface area contributed by atoms with Crippen molar-refractivity contribution < 1.29 is 12.9 Å². The third-order valence-corrected chi connectivity index (χ3v) is 2.57. The first-order valence-electron chi connectivity index (χ1n) is 5.14. The van der Waals surface area contributed by atoms with Crippen LogP contribution >= 0.6 is 0 Å². The van der Waals surface area contributed by atoms with Crippen molar-refractivity contribution in [3.05, 3.63) is 48.5 Å². The molecule has 0 aliphatic rings. The third kappa shape index (κ3) is 3.22. The molecule has 2 rings (SSSR count). The summed E-state index contributed by atoms with van der Waals surface area (Å²) in [6.07, 6.45) is 0. The van der Waals surface area contributed by atoms with Gasteiger partial charge in [0.1, 0.15) is 17.1 Å². The quantitative estimate of drug-likeness (QED) is 0.652. The Bertz CT molecular complexity index is 561. The van der Waals surface area contributed by atoms with E-state index in [1.807, 2.05) is 30.3 Å². The van der Waals surface area contributed by atoms with E-state index in [1.54, 1.807) is 6.07 Å². The minimum Gasteiger partial charge on any atom is -0.740 e. The fraction of sp³-hybridized carbons (Fsp3) is 0. The first-order chi connectivity index (χ1) is 8.65. The van der Waals surface area contributed by atoms with Crippen molar-refractivity contribution in [2.24, 2.45) is 0 Å². The molecule has 18 heavy (non-hydrogen) atoms. The fourth-order valence-electron chi connectivity index (χ4n) is 1.46. The van der Waals surface area contributed by atoms with Gasteiger partial charge in [0.15, 0.2) is 0 Å². The van der Waals surface area contributed by atoms with E-state index >= 15 is 0 Å². The zero-order valence-corrected chi connectivity index (χ0v) is 10.1. The lowest BCUT2D eigenvalue weighted by Crippen LogP contribution is -2.00. The second-order valence-electron chi connectivity index (χ2n) is 3.53. The SMILES string of the molecule is Nc1cc(OS(=O)[O-])ccc1Nc1ccccc1. The Labute approximate surface area is 107 Å². The monoisotopic (exact) mass is 263 g/mol. The van der Waals surface area contributed by atoms with Crippen LogP contribution in [0.25, 0.3) is 0 Å². The Morgan fingerprint density at radius 3 is 2.50 bits per heavy atom. The second-order valence-corrected chi connectivity index (χ2v) is 4.10. The molecule has 0 aromatic heterocycles. The summed E-state index contributed by atoms with van der Waals surface area (Å²) in [7, 11) is 0. The molecule has 0 aliphatic carbocycles. The molecule has 2 aromatic carbocycles. The van der Waals surface area contributed by atoms with Gasteiger partial charge in [-0.1, -0.05) is 18.2 Å². The highest BCUT2D eigenvalue weighted by Crippen LogP contribution is 2.27. The molecule has 5 nitrogen and oxygen atoms in total. The molecular formula is C12H11N2O3S-. The van der Waals surface area contributed by atoms with E-state index in [9.17, 15) is 8.76 Å². The summed E-state index contributed by atoms with van der Waals surface area (Å²) < 4.78 is 25.3. The van der Waals surface area contributed by atoms with Crippen LogP contribution < -0.4 is 15.2 Å². The summed E-state index contributed by atoms with van der Waals surface area (Å²) in [6, 6.07) is 14.1. The predicted molar refractivity (Wildman–Crippen MR) is 70.1 cm³/mol. The van der Waals surface area contributed by atoms with Gasteiger partial charge in [0.2, 0.25) is 0 Å². The summed E-state index contributed by atoms with van der Waals surface area (Å²) in [5.74, 6) is 0.180. The second kappa shape index (κ2) is 5.52. The van der Waals surface area contributed by atoms with Crippen molar-refractivity contribution in [3.63, 3.8) is 0 Å². The van der Waals surface area contributed by atoms with Crippen LogP contribution in [0.2, 0.25) is 0 Å². The van der Waals surface area contributed by atoms with Crippen LogP contribution in [0.3, 0.4) is 0 Å². The zero-order valence-electron chi connectivity index (χ0n) is 9.33. The molecule has 3 N–H and O–H groups in total. The molecule has 1 unspecified atom stereocenters. The van der Waals surface area contributed by atoms with Crippen molar-refractivity contribution in [3.8, 4) is 5.75 Å². The van der Waals surface area contributed by atoms with Crippen LogP contribution in [0.1, 0.15) is 0 Å². The summed E-state index contributed by atoms with van der Waals surface area (Å²) in [5.41, 5.74) is 7.79. The molecule has 0 saturated carbocycles. The van der Waals surface area contributed by atoms with E-state index in [4.69, 9.17) is 5.73 Å². The zero-order chi connectivity index (χ0) is 13.0. The number of rotatable bonds is 4. The number of anilines is 3. The largest absolute Gasteiger partial charge is 0.740 e. The van der Waals surface area contributed by atoms with Crippen LogP contribution in [-0.4, -0.2) is 8.76 Å². The van der Waals surface area contributed by atoms with E-state index in [1.165, 1.54) is 12.1 Å². The first-order valence-corrected chi connectivity index (χ1v) is 6.14. The maximum Gasteiger partial charge on any atom is 0.141 e. The van der Waals surface area contributed by atoms with Crippen molar-refractivity contribution in [1.82, 2.24) is 0 Å². The Morgan fingerprint density at radius 1 is 1.17 bits per heavy atom. The molecule has 0 saturated heterocycles. The summed E-state index contributed by atoms with van der Waals surface area (Å²) in [5, 5.41) is 3.12. The number of hydrogen-bond donors (Lipinski definition) is 2. The standard InChI is InChI=1S/C12H12N2O3S/c13-11-8-10(17-18(15)16)6-7-12(11)14-9-4-2-1-3-5-9/h1-8,14H,13H2,(H,15,16)/p-1. The molecular weight excluding hydrogens is 252 g/mol. The number of nitrogens with one attached hydrogen (secondary N) is 1. The van der Waals surface area contributed by atoms with Crippen LogP contribution in [0, 0.1) is 0 Å². The lowest BCUT2D eigenvalue weighted by Gasteiger charge is -2.12. The summed E-state index contributed by atoms with van der Waals surface area (Å²) >= 11 is -2.60. The van der Waals surface area contributed by atoms with Crippen LogP contribution in [0.4, 0.5) is 17.1 Å². The average molecular weight is 263 g/mol. The molecule has 0 bridgehead atoms. The van der Waals surface area contributed by atoms with Gasteiger partial charge in [0, 0.05) is 11.8 Å². The van der Waals surface area contributed by atoms with E-state index < -0.39 is 11.4 Å². The van der Waals surface area contributed by atoms with Crippen molar-refractivity contribution >= 4 is 28.4 Å². The van der Waals surface area contributed by atoms with E-state index in [2.05, 4.69) is 9.50 Å². The minimum atomic E-state index is -2.60. The van der Waals surface area contributed by atoms with Gasteiger partial charge in [0.25, 0.3) is 0 Å². The molecule has 6 heteroatoms. The number of nitrogen functional groups attached to an aromatic ring is 1. The van der Waals surface area contributed by atoms with E-state index in [-0.39, 0.29) is 5.75 Å². The molecule has 2 aromatic rings. The molecule has 0 heterocycles. The van der Waals surface area contributed by atoms with E-state index in [0.29, 0.717) is 11.4 Å². The van der Waals surface area contributed by atoms with Crippen molar-refractivity contribution in [1.29, 1.82) is 0 Å². The first kappa shape index (κ1) is 12.4. The van der Waals surface area contributed by atoms with Crippen LogP contribution in [0.15, 0.2) is 48.5 Å². The minimum absolute atomic E-state index is 0.180. The van der Waals surface area contributed by atoms with Crippen LogP contribution in [0.5, 0.6) is 5.75 Å². The normalized spacial score (nSPS) is 11.8. The highest BCUT2D eigenvalue weighted by Gasteiger charge is 2.02. The van der Waals surface area contributed by atoms with Gasteiger partial charge < -0.3 is 19.8 Å². The van der Waals surface area contributed by atoms with Gasteiger partial charge in [-0.05, 0) is 24.3 Å². The maximum atomic E-state index is 10.4. The maximum absolute atomic E-state index is 10.4. The van der Waals surface area contributed by atoms with Crippen LogP contribution in [-0.2, 0) is 11.4 Å². The van der Waals surface area contributed by atoms with Gasteiger partial charge in [-0.25, -0.2) is 4.21 Å². The Balaban J connectivity index is 2.17. The fourth-order valence-corrected chi connectivity index (χ4v) is 1.72. The van der Waals surface area contributed by atoms with Gasteiger partial charge >= 0.3 is 0 Å². The number of para-hydroxylation sites is 1. The highest BCUT2D eigenvalue weighted by atomic mass is 32.2. The molecule has 0 aliphatic heterocycles. The van der Waals surface area contributed by atoms with E-state index in [0.717, 1.165) is 5.69 Å². The molecule has 0 fully saturated rings. The third-order valence-electron chi connectivity index (χ3n) is 2.24. The van der Waals surface area contributed by atoms with Crippen molar-refractivity contribution in [2.75, 3.05) is 11.1 Å². The van der Waals surface area contributed by atoms with Gasteiger partial charge in [-0.2, -0.15) is 0 Å². The van der Waals surface area contributed by atoms with Gasteiger partial charge in [0.05, 0.1) is 11.4 Å². The Hall–Kier alpha value is -2.05. The average Bonchev–Trinajstić information content (AvgIpc) is 2.33. The summed E-state index contributed by atoms with van der Waals surface area (Å²) in [4.78, 5) is 0. The van der Waals surface area contributed by atoms with Gasteiger partial charge in [-0.15, -0.1) is 0 Å².